The summed E-state index contributed by atoms with van der Waals surface area (Å²) in [5.74, 6) is -0.420. The van der Waals surface area contributed by atoms with Crippen molar-refractivity contribution in [1.29, 1.82) is 0 Å². The lowest BCUT2D eigenvalue weighted by atomic mass is 9.80. The van der Waals surface area contributed by atoms with E-state index in [0.29, 0.717) is 25.1 Å². The van der Waals surface area contributed by atoms with Crippen molar-refractivity contribution in [3.8, 4) is 5.75 Å². The van der Waals surface area contributed by atoms with Crippen LogP contribution in [0.25, 0.3) is 0 Å². The second-order valence-corrected chi connectivity index (χ2v) is 4.50. The van der Waals surface area contributed by atoms with Gasteiger partial charge in [0.2, 0.25) is 5.91 Å². The van der Waals surface area contributed by atoms with E-state index in [2.05, 4.69) is 5.32 Å². The van der Waals surface area contributed by atoms with Crippen molar-refractivity contribution in [2.75, 3.05) is 11.9 Å². The molecule has 0 aliphatic heterocycles. The van der Waals surface area contributed by atoms with Crippen LogP contribution in [0.1, 0.15) is 19.8 Å². The summed E-state index contributed by atoms with van der Waals surface area (Å²) in [5.41, 5.74) is 6.07. The Balaban J connectivity index is 1.97. The summed E-state index contributed by atoms with van der Waals surface area (Å²) in [6.45, 7) is 2.19. The Hall–Kier alpha value is -1.62. The van der Waals surface area contributed by atoms with E-state index in [-0.39, 0.29) is 23.6 Å². The van der Waals surface area contributed by atoms with Crippen molar-refractivity contribution in [3.63, 3.8) is 0 Å². The Bertz CT molecular complexity index is 445. The lowest BCUT2D eigenvalue weighted by Gasteiger charge is -2.31. The van der Waals surface area contributed by atoms with Gasteiger partial charge < -0.3 is 15.8 Å². The first-order valence-corrected chi connectivity index (χ1v) is 6.09. The van der Waals surface area contributed by atoms with Crippen molar-refractivity contribution in [2.24, 2.45) is 11.7 Å². The maximum atomic E-state index is 13.6. The molecule has 0 heterocycles. The van der Waals surface area contributed by atoms with Gasteiger partial charge in [0.05, 0.1) is 6.61 Å². The second-order valence-electron chi connectivity index (χ2n) is 4.50. The molecule has 1 amide bonds. The molecule has 0 unspecified atom stereocenters. The number of nitrogens with one attached hydrogen (secondary N) is 1. The molecule has 18 heavy (non-hydrogen) atoms. The summed E-state index contributed by atoms with van der Waals surface area (Å²) in [4.78, 5) is 11.7. The third kappa shape index (κ3) is 2.79. The molecule has 5 heteroatoms. The molecule has 0 spiro atoms. The van der Waals surface area contributed by atoms with E-state index in [0.717, 1.165) is 0 Å². The Morgan fingerprint density at radius 2 is 2.28 bits per heavy atom. The van der Waals surface area contributed by atoms with Gasteiger partial charge in [-0.05, 0) is 31.9 Å². The number of anilines is 1. The van der Waals surface area contributed by atoms with Crippen LogP contribution in [-0.4, -0.2) is 18.6 Å². The Labute approximate surface area is 105 Å². The van der Waals surface area contributed by atoms with Crippen molar-refractivity contribution in [3.05, 3.63) is 24.0 Å². The van der Waals surface area contributed by atoms with E-state index < -0.39 is 5.82 Å². The van der Waals surface area contributed by atoms with Crippen LogP contribution in [0.3, 0.4) is 0 Å². The van der Waals surface area contributed by atoms with E-state index in [1.807, 2.05) is 0 Å². The van der Waals surface area contributed by atoms with Crippen LogP contribution in [-0.2, 0) is 4.79 Å². The minimum absolute atomic E-state index is 0.0466. The Kier molecular flexibility index (Phi) is 3.81. The number of carbonyl (C=O) groups excluding carboxylic acids is 1. The molecule has 0 radical (unpaired) electrons. The first-order valence-electron chi connectivity index (χ1n) is 6.09. The average Bonchev–Trinajstić information content (AvgIpc) is 2.28. The second kappa shape index (κ2) is 5.35. The number of carbonyl (C=O) groups is 1. The molecule has 0 bridgehead atoms. The minimum Gasteiger partial charge on any atom is -0.491 e. The van der Waals surface area contributed by atoms with Crippen molar-refractivity contribution in [1.82, 2.24) is 0 Å². The van der Waals surface area contributed by atoms with Crippen LogP contribution in [0, 0.1) is 11.7 Å². The highest BCUT2D eigenvalue weighted by Gasteiger charge is 2.31. The number of ether oxygens (including phenoxy) is 1. The molecule has 98 valence electrons. The van der Waals surface area contributed by atoms with Gasteiger partial charge in [-0.25, -0.2) is 4.39 Å². The van der Waals surface area contributed by atoms with Gasteiger partial charge >= 0.3 is 0 Å². The number of rotatable bonds is 4. The molecule has 1 aromatic rings. The number of benzene rings is 1. The number of halogens is 1. The monoisotopic (exact) mass is 252 g/mol. The van der Waals surface area contributed by atoms with Gasteiger partial charge in [-0.15, -0.1) is 0 Å². The summed E-state index contributed by atoms with van der Waals surface area (Å²) in [5, 5.41) is 2.68. The SMILES string of the molecule is CCOc1ccc(NC(=O)C2CC(N)C2)cc1F. The van der Waals surface area contributed by atoms with Gasteiger partial charge in [-0.1, -0.05) is 0 Å². The largest absolute Gasteiger partial charge is 0.491 e. The van der Waals surface area contributed by atoms with Gasteiger partial charge in [0.15, 0.2) is 11.6 Å². The standard InChI is InChI=1S/C13H17FN2O2/c1-2-18-12-4-3-10(7-11(12)14)16-13(17)8-5-9(15)6-8/h3-4,7-9H,2,5-6,15H2,1H3,(H,16,17). The van der Waals surface area contributed by atoms with E-state index in [9.17, 15) is 9.18 Å². The van der Waals surface area contributed by atoms with Gasteiger partial charge in [0.1, 0.15) is 0 Å². The highest BCUT2D eigenvalue weighted by molar-refractivity contribution is 5.93. The first kappa shape index (κ1) is 12.8. The topological polar surface area (TPSA) is 64.3 Å². The lowest BCUT2D eigenvalue weighted by Crippen LogP contribution is -2.42. The van der Waals surface area contributed by atoms with Crippen LogP contribution in [0.5, 0.6) is 5.75 Å². The molecule has 1 saturated carbocycles. The van der Waals surface area contributed by atoms with Crippen LogP contribution in [0.15, 0.2) is 18.2 Å². The van der Waals surface area contributed by atoms with Gasteiger partial charge in [0, 0.05) is 23.7 Å². The molecule has 1 aromatic carbocycles. The smallest absolute Gasteiger partial charge is 0.227 e. The van der Waals surface area contributed by atoms with Gasteiger partial charge in [-0.3, -0.25) is 4.79 Å². The molecule has 4 nitrogen and oxygen atoms in total. The third-order valence-corrected chi connectivity index (χ3v) is 3.04. The zero-order valence-electron chi connectivity index (χ0n) is 10.3. The van der Waals surface area contributed by atoms with Crippen molar-refractivity contribution < 1.29 is 13.9 Å². The molecule has 1 aliphatic carbocycles. The van der Waals surface area contributed by atoms with Crippen LogP contribution in [0.4, 0.5) is 10.1 Å². The van der Waals surface area contributed by atoms with Gasteiger partial charge in [0.25, 0.3) is 0 Å². The summed E-state index contributed by atoms with van der Waals surface area (Å²) in [6, 6.07) is 4.53. The zero-order chi connectivity index (χ0) is 13.1. The van der Waals surface area contributed by atoms with Gasteiger partial charge in [-0.2, -0.15) is 0 Å². The molecular weight excluding hydrogens is 235 g/mol. The molecule has 3 N–H and O–H groups in total. The van der Waals surface area contributed by atoms with E-state index >= 15 is 0 Å². The zero-order valence-corrected chi connectivity index (χ0v) is 10.3. The Morgan fingerprint density at radius 3 is 2.83 bits per heavy atom. The highest BCUT2D eigenvalue weighted by Crippen LogP contribution is 2.28. The van der Waals surface area contributed by atoms with Crippen LogP contribution >= 0.6 is 0 Å². The molecular formula is C13H17FN2O2. The van der Waals surface area contributed by atoms with Crippen molar-refractivity contribution in [2.45, 2.75) is 25.8 Å². The highest BCUT2D eigenvalue weighted by atomic mass is 19.1. The molecule has 1 aliphatic rings. The number of nitrogens with two attached hydrogens (primary N) is 1. The fourth-order valence-corrected chi connectivity index (χ4v) is 1.97. The predicted octanol–water partition coefficient (Wildman–Crippen LogP) is 1.90. The normalized spacial score (nSPS) is 22.2. The fraction of sp³-hybridized carbons (Fsp3) is 0.462. The summed E-state index contributed by atoms with van der Waals surface area (Å²) in [6.07, 6.45) is 1.40. The summed E-state index contributed by atoms with van der Waals surface area (Å²) >= 11 is 0. The average molecular weight is 252 g/mol. The van der Waals surface area contributed by atoms with Crippen molar-refractivity contribution >= 4 is 11.6 Å². The number of hydrogen-bond acceptors (Lipinski definition) is 3. The molecule has 0 saturated heterocycles. The Morgan fingerprint density at radius 1 is 1.56 bits per heavy atom. The molecule has 0 aromatic heterocycles. The first-order chi connectivity index (χ1) is 8.60. The fourth-order valence-electron chi connectivity index (χ4n) is 1.97. The maximum absolute atomic E-state index is 13.6. The quantitative estimate of drug-likeness (QED) is 0.860. The minimum atomic E-state index is -0.472. The summed E-state index contributed by atoms with van der Waals surface area (Å²) < 4.78 is 18.6. The molecule has 2 rings (SSSR count). The number of amides is 1. The lowest BCUT2D eigenvalue weighted by molar-refractivity contribution is -0.122. The summed E-state index contributed by atoms with van der Waals surface area (Å²) in [7, 11) is 0. The van der Waals surface area contributed by atoms with E-state index in [1.165, 1.54) is 12.1 Å². The van der Waals surface area contributed by atoms with E-state index in [1.54, 1.807) is 13.0 Å². The van der Waals surface area contributed by atoms with E-state index in [4.69, 9.17) is 10.5 Å². The predicted molar refractivity (Wildman–Crippen MR) is 66.9 cm³/mol. The third-order valence-electron chi connectivity index (χ3n) is 3.04. The van der Waals surface area contributed by atoms with Crippen LogP contribution in [0.2, 0.25) is 0 Å². The number of hydrogen-bond donors (Lipinski definition) is 2. The molecule has 0 atom stereocenters. The molecule has 1 fully saturated rings. The maximum Gasteiger partial charge on any atom is 0.227 e. The van der Waals surface area contributed by atoms with Crippen LogP contribution < -0.4 is 15.8 Å².